The van der Waals surface area contributed by atoms with E-state index in [9.17, 15) is 0 Å². The third-order valence-corrected chi connectivity index (χ3v) is 4.10. The van der Waals surface area contributed by atoms with Gasteiger partial charge in [0.25, 0.3) is 0 Å². The molecule has 0 bridgehead atoms. The molecule has 2 aromatic carbocycles. The van der Waals surface area contributed by atoms with Crippen molar-refractivity contribution in [1.82, 2.24) is 5.32 Å². The number of hydrogen-bond acceptors (Lipinski definition) is 2. The second kappa shape index (κ2) is 5.74. The van der Waals surface area contributed by atoms with Gasteiger partial charge in [-0.05, 0) is 49.6 Å². The first-order valence-corrected chi connectivity index (χ1v) is 7.42. The second-order valence-corrected chi connectivity index (χ2v) is 5.66. The van der Waals surface area contributed by atoms with E-state index in [1.807, 2.05) is 18.2 Å². The monoisotopic (exact) mass is 279 g/mol. The summed E-state index contributed by atoms with van der Waals surface area (Å²) >= 11 is 0. The zero-order valence-corrected chi connectivity index (χ0v) is 12.8. The molecule has 1 N–H and O–H groups in total. The molecule has 1 unspecified atom stereocenters. The Morgan fingerprint density at radius 1 is 1.00 bits per heavy atom. The quantitative estimate of drug-likeness (QED) is 0.734. The largest absolute Gasteiger partial charge is 0.459 e. The summed E-state index contributed by atoms with van der Waals surface area (Å²) in [5, 5.41) is 4.72. The van der Waals surface area contributed by atoms with Crippen molar-refractivity contribution >= 4 is 11.0 Å². The molecule has 0 aliphatic heterocycles. The number of benzene rings is 2. The minimum atomic E-state index is 0.191. The Labute approximate surface area is 125 Å². The Balaban J connectivity index is 1.75. The van der Waals surface area contributed by atoms with Crippen molar-refractivity contribution in [3.63, 3.8) is 0 Å². The molecule has 1 heterocycles. The fraction of sp³-hybridized carbons (Fsp3) is 0.263. The molecule has 21 heavy (non-hydrogen) atoms. The standard InChI is InChI=1S/C19H21NO/c1-13-7-6-8-14(2)17(13)12-20-15(3)19-11-16-9-4-5-10-18(16)21-19/h4-11,15,20H,12H2,1-3H3. The molecule has 0 fully saturated rings. The third kappa shape index (κ3) is 2.86. The van der Waals surface area contributed by atoms with E-state index in [1.54, 1.807) is 0 Å². The van der Waals surface area contributed by atoms with Crippen LogP contribution in [0.25, 0.3) is 11.0 Å². The fourth-order valence-corrected chi connectivity index (χ4v) is 2.70. The topological polar surface area (TPSA) is 25.2 Å². The lowest BCUT2D eigenvalue weighted by Gasteiger charge is -2.14. The van der Waals surface area contributed by atoms with Crippen molar-refractivity contribution < 1.29 is 4.42 Å². The van der Waals surface area contributed by atoms with Crippen LogP contribution in [0.1, 0.15) is 35.4 Å². The summed E-state index contributed by atoms with van der Waals surface area (Å²) in [5.74, 6) is 0.988. The van der Waals surface area contributed by atoms with Crippen LogP contribution in [-0.4, -0.2) is 0 Å². The average Bonchev–Trinajstić information content (AvgIpc) is 2.90. The summed E-state index contributed by atoms with van der Waals surface area (Å²) in [6.07, 6.45) is 0. The number of rotatable bonds is 4. The van der Waals surface area contributed by atoms with E-state index in [1.165, 1.54) is 16.7 Å². The van der Waals surface area contributed by atoms with Crippen LogP contribution in [0.15, 0.2) is 52.9 Å². The molecule has 0 aliphatic rings. The van der Waals surface area contributed by atoms with Gasteiger partial charge in [-0.2, -0.15) is 0 Å². The highest BCUT2D eigenvalue weighted by molar-refractivity contribution is 5.77. The maximum atomic E-state index is 5.92. The van der Waals surface area contributed by atoms with Crippen LogP contribution in [0.3, 0.4) is 0 Å². The molecule has 1 atom stereocenters. The van der Waals surface area contributed by atoms with Crippen molar-refractivity contribution in [3.8, 4) is 0 Å². The van der Waals surface area contributed by atoms with Crippen molar-refractivity contribution in [1.29, 1.82) is 0 Å². The first kappa shape index (κ1) is 13.9. The Hall–Kier alpha value is -2.06. The fourth-order valence-electron chi connectivity index (χ4n) is 2.70. The van der Waals surface area contributed by atoms with E-state index in [-0.39, 0.29) is 6.04 Å². The lowest BCUT2D eigenvalue weighted by Crippen LogP contribution is -2.18. The zero-order chi connectivity index (χ0) is 14.8. The van der Waals surface area contributed by atoms with Gasteiger partial charge < -0.3 is 9.73 Å². The van der Waals surface area contributed by atoms with Crippen LogP contribution in [0.5, 0.6) is 0 Å². The van der Waals surface area contributed by atoms with Gasteiger partial charge in [0.1, 0.15) is 11.3 Å². The van der Waals surface area contributed by atoms with Gasteiger partial charge in [0, 0.05) is 11.9 Å². The van der Waals surface area contributed by atoms with E-state index < -0.39 is 0 Å². The molecule has 0 amide bonds. The molecule has 3 aromatic rings. The number of nitrogens with one attached hydrogen (secondary N) is 1. The van der Waals surface area contributed by atoms with E-state index >= 15 is 0 Å². The maximum absolute atomic E-state index is 5.92. The predicted molar refractivity (Wildman–Crippen MR) is 87.4 cm³/mol. The minimum Gasteiger partial charge on any atom is -0.459 e. The number of furan rings is 1. The van der Waals surface area contributed by atoms with Gasteiger partial charge in [0.2, 0.25) is 0 Å². The van der Waals surface area contributed by atoms with Gasteiger partial charge in [-0.25, -0.2) is 0 Å². The van der Waals surface area contributed by atoms with Crippen LogP contribution in [0, 0.1) is 13.8 Å². The molecule has 0 saturated carbocycles. The molecule has 0 aliphatic carbocycles. The number of aryl methyl sites for hydroxylation is 2. The Bertz CT molecular complexity index is 704. The molecule has 2 nitrogen and oxygen atoms in total. The van der Waals surface area contributed by atoms with Crippen molar-refractivity contribution in [3.05, 3.63) is 71.0 Å². The number of fused-ring (bicyclic) bond motifs is 1. The van der Waals surface area contributed by atoms with E-state index in [4.69, 9.17) is 4.42 Å². The zero-order valence-electron chi connectivity index (χ0n) is 12.8. The Morgan fingerprint density at radius 2 is 1.71 bits per heavy atom. The lowest BCUT2D eigenvalue weighted by atomic mass is 10.0. The first-order valence-electron chi connectivity index (χ1n) is 7.42. The van der Waals surface area contributed by atoms with Crippen LogP contribution in [0.2, 0.25) is 0 Å². The molecule has 2 heteroatoms. The molecular formula is C19H21NO. The minimum absolute atomic E-state index is 0.191. The summed E-state index contributed by atoms with van der Waals surface area (Å²) in [5.41, 5.74) is 4.99. The van der Waals surface area contributed by atoms with E-state index in [2.05, 4.69) is 56.4 Å². The first-order chi connectivity index (χ1) is 10.1. The van der Waals surface area contributed by atoms with Gasteiger partial charge >= 0.3 is 0 Å². The van der Waals surface area contributed by atoms with E-state index in [0.717, 1.165) is 23.3 Å². The van der Waals surface area contributed by atoms with Crippen molar-refractivity contribution in [2.24, 2.45) is 0 Å². The average molecular weight is 279 g/mol. The predicted octanol–water partition coefficient (Wildman–Crippen LogP) is 4.90. The SMILES string of the molecule is Cc1cccc(C)c1CNC(C)c1cc2ccccc2o1. The third-order valence-electron chi connectivity index (χ3n) is 4.10. The van der Waals surface area contributed by atoms with Crippen LogP contribution >= 0.6 is 0 Å². The van der Waals surface area contributed by atoms with Crippen molar-refractivity contribution in [2.45, 2.75) is 33.4 Å². The van der Waals surface area contributed by atoms with Gasteiger partial charge in [0.15, 0.2) is 0 Å². The normalized spacial score (nSPS) is 12.7. The molecule has 1 aromatic heterocycles. The highest BCUT2D eigenvalue weighted by Crippen LogP contribution is 2.24. The number of hydrogen-bond donors (Lipinski definition) is 1. The van der Waals surface area contributed by atoms with Crippen LogP contribution in [0.4, 0.5) is 0 Å². The molecule has 0 saturated heterocycles. The molecule has 0 radical (unpaired) electrons. The molecule has 0 spiro atoms. The summed E-state index contributed by atoms with van der Waals surface area (Å²) in [6.45, 7) is 7.33. The Kier molecular flexibility index (Phi) is 3.80. The van der Waals surface area contributed by atoms with Gasteiger partial charge in [-0.1, -0.05) is 36.4 Å². The highest BCUT2D eigenvalue weighted by Gasteiger charge is 2.12. The molecular weight excluding hydrogens is 258 g/mol. The second-order valence-electron chi connectivity index (χ2n) is 5.66. The summed E-state index contributed by atoms with van der Waals surface area (Å²) in [6, 6.07) is 16.9. The molecule has 3 rings (SSSR count). The van der Waals surface area contributed by atoms with Crippen LogP contribution in [-0.2, 0) is 6.54 Å². The highest BCUT2D eigenvalue weighted by atomic mass is 16.3. The lowest BCUT2D eigenvalue weighted by molar-refractivity contribution is 0.450. The summed E-state index contributed by atoms with van der Waals surface area (Å²) in [7, 11) is 0. The van der Waals surface area contributed by atoms with Crippen LogP contribution < -0.4 is 5.32 Å². The Morgan fingerprint density at radius 3 is 2.43 bits per heavy atom. The summed E-state index contributed by atoms with van der Waals surface area (Å²) in [4.78, 5) is 0. The van der Waals surface area contributed by atoms with Gasteiger partial charge in [-0.15, -0.1) is 0 Å². The summed E-state index contributed by atoms with van der Waals surface area (Å²) < 4.78 is 5.92. The smallest absolute Gasteiger partial charge is 0.134 e. The van der Waals surface area contributed by atoms with Gasteiger partial charge in [-0.3, -0.25) is 0 Å². The maximum Gasteiger partial charge on any atom is 0.134 e. The molecule has 108 valence electrons. The van der Waals surface area contributed by atoms with Crippen molar-refractivity contribution in [2.75, 3.05) is 0 Å². The van der Waals surface area contributed by atoms with Gasteiger partial charge in [0.05, 0.1) is 6.04 Å². The van der Waals surface area contributed by atoms with E-state index in [0.29, 0.717) is 0 Å². The number of para-hydroxylation sites is 1.